The van der Waals surface area contributed by atoms with Gasteiger partial charge in [0, 0.05) is 25.6 Å². The van der Waals surface area contributed by atoms with Gasteiger partial charge in [0.2, 0.25) is 18.6 Å². The first-order chi connectivity index (χ1) is 13.6. The molecule has 150 valence electrons. The number of hydrogen-bond donors (Lipinski definition) is 1. The van der Waals surface area contributed by atoms with Crippen molar-refractivity contribution in [3.63, 3.8) is 0 Å². The molecule has 6 nitrogen and oxygen atoms in total. The van der Waals surface area contributed by atoms with Crippen molar-refractivity contribution in [1.29, 1.82) is 0 Å². The van der Waals surface area contributed by atoms with Gasteiger partial charge < -0.3 is 19.7 Å². The van der Waals surface area contributed by atoms with E-state index in [0.29, 0.717) is 25.4 Å². The molecule has 2 aliphatic heterocycles. The summed E-state index contributed by atoms with van der Waals surface area (Å²) in [7, 11) is 0. The fraction of sp³-hybridized carbons (Fsp3) is 0.636. The average molecular weight is 384 g/mol. The summed E-state index contributed by atoms with van der Waals surface area (Å²) in [6, 6.07) is 5.95. The van der Waals surface area contributed by atoms with Crippen LogP contribution in [0.25, 0.3) is 0 Å². The highest BCUT2D eigenvalue weighted by molar-refractivity contribution is 5.89. The number of carbonyl (C=O) groups excluding carboxylic acids is 2. The zero-order chi connectivity index (χ0) is 19.3. The Bertz CT molecular complexity index is 795. The molecule has 2 aliphatic carbocycles. The lowest BCUT2D eigenvalue weighted by molar-refractivity contribution is -0.129. The van der Waals surface area contributed by atoms with Crippen LogP contribution in [0.15, 0.2) is 18.2 Å². The van der Waals surface area contributed by atoms with Gasteiger partial charge in [-0.1, -0.05) is 12.5 Å². The molecule has 1 saturated heterocycles. The predicted molar refractivity (Wildman–Crippen MR) is 103 cm³/mol. The van der Waals surface area contributed by atoms with Gasteiger partial charge in [-0.2, -0.15) is 0 Å². The smallest absolute Gasteiger partial charge is 0.231 e. The van der Waals surface area contributed by atoms with Crippen LogP contribution in [0.1, 0.15) is 44.6 Å². The Morgan fingerprint density at radius 3 is 2.89 bits per heavy atom. The Labute approximate surface area is 165 Å². The first kappa shape index (κ1) is 17.8. The minimum absolute atomic E-state index is 0.0387. The number of nitrogens with one attached hydrogen (secondary N) is 1. The van der Waals surface area contributed by atoms with Crippen LogP contribution in [0, 0.1) is 23.7 Å². The van der Waals surface area contributed by atoms with E-state index >= 15 is 0 Å². The first-order valence-electron chi connectivity index (χ1n) is 10.5. The number of amides is 2. The number of ether oxygens (including phenoxy) is 2. The first-order valence-corrected chi connectivity index (χ1v) is 10.5. The van der Waals surface area contributed by atoms with E-state index in [-0.39, 0.29) is 30.6 Å². The minimum Gasteiger partial charge on any atom is -0.454 e. The molecule has 2 saturated carbocycles. The van der Waals surface area contributed by atoms with Crippen LogP contribution in [-0.2, 0) is 16.1 Å². The van der Waals surface area contributed by atoms with Crippen molar-refractivity contribution >= 4 is 11.8 Å². The SMILES string of the molecule is CC(NC(=O)C1CC(=O)N(Cc2ccc3c(c2)OCO3)C1)C1CC2CCC1C2. The lowest BCUT2D eigenvalue weighted by Gasteiger charge is -2.29. The lowest BCUT2D eigenvalue weighted by Crippen LogP contribution is -2.43. The van der Waals surface area contributed by atoms with Crippen molar-refractivity contribution < 1.29 is 19.1 Å². The molecule has 2 amide bonds. The van der Waals surface area contributed by atoms with Crippen LogP contribution in [0.2, 0.25) is 0 Å². The molecule has 3 fully saturated rings. The van der Waals surface area contributed by atoms with Crippen LogP contribution >= 0.6 is 0 Å². The fourth-order valence-corrected chi connectivity index (χ4v) is 5.72. The molecule has 4 aliphatic rings. The highest BCUT2D eigenvalue weighted by Gasteiger charge is 2.43. The molecule has 0 radical (unpaired) electrons. The Balaban J connectivity index is 1.17. The van der Waals surface area contributed by atoms with Crippen molar-refractivity contribution in [1.82, 2.24) is 10.2 Å². The van der Waals surface area contributed by atoms with Crippen molar-refractivity contribution in [2.75, 3.05) is 13.3 Å². The summed E-state index contributed by atoms with van der Waals surface area (Å²) in [5, 5.41) is 3.23. The molecular weight excluding hydrogens is 356 g/mol. The Morgan fingerprint density at radius 1 is 1.25 bits per heavy atom. The van der Waals surface area contributed by atoms with Gasteiger partial charge in [0.25, 0.3) is 0 Å². The zero-order valence-corrected chi connectivity index (χ0v) is 16.4. The van der Waals surface area contributed by atoms with E-state index in [4.69, 9.17) is 9.47 Å². The monoisotopic (exact) mass is 384 g/mol. The molecule has 0 aromatic heterocycles. The average Bonchev–Trinajstić information content (AvgIpc) is 3.46. The van der Waals surface area contributed by atoms with Crippen LogP contribution in [0.3, 0.4) is 0 Å². The molecule has 6 heteroatoms. The van der Waals surface area contributed by atoms with Crippen LogP contribution in [-0.4, -0.2) is 36.1 Å². The number of fused-ring (bicyclic) bond motifs is 3. The molecule has 2 bridgehead atoms. The van der Waals surface area contributed by atoms with E-state index < -0.39 is 0 Å². The number of benzene rings is 1. The van der Waals surface area contributed by atoms with E-state index in [9.17, 15) is 9.59 Å². The molecule has 1 aromatic carbocycles. The third-order valence-electron chi connectivity index (χ3n) is 7.20. The van der Waals surface area contributed by atoms with E-state index in [0.717, 1.165) is 28.9 Å². The predicted octanol–water partition coefficient (Wildman–Crippen LogP) is 2.70. The molecule has 1 N–H and O–H groups in total. The molecule has 28 heavy (non-hydrogen) atoms. The van der Waals surface area contributed by atoms with Gasteiger partial charge in [0.1, 0.15) is 0 Å². The number of hydrogen-bond acceptors (Lipinski definition) is 4. The maximum atomic E-state index is 12.8. The summed E-state index contributed by atoms with van der Waals surface area (Å²) in [5.74, 6) is 3.57. The highest BCUT2D eigenvalue weighted by atomic mass is 16.7. The minimum atomic E-state index is -0.248. The second-order valence-corrected chi connectivity index (χ2v) is 9.00. The van der Waals surface area contributed by atoms with E-state index in [1.54, 1.807) is 4.90 Å². The van der Waals surface area contributed by atoms with E-state index in [1.807, 2.05) is 18.2 Å². The lowest BCUT2D eigenvalue weighted by atomic mass is 9.84. The number of carbonyl (C=O) groups is 2. The van der Waals surface area contributed by atoms with Gasteiger partial charge in [-0.05, 0) is 61.6 Å². The summed E-state index contributed by atoms with van der Waals surface area (Å²) >= 11 is 0. The normalized spacial score (nSPS) is 31.5. The molecular formula is C22H28N2O4. The quantitative estimate of drug-likeness (QED) is 0.848. The maximum Gasteiger partial charge on any atom is 0.231 e. The third-order valence-corrected chi connectivity index (χ3v) is 7.20. The van der Waals surface area contributed by atoms with Gasteiger partial charge in [-0.25, -0.2) is 0 Å². The van der Waals surface area contributed by atoms with Gasteiger partial charge in [0.15, 0.2) is 11.5 Å². The van der Waals surface area contributed by atoms with Crippen molar-refractivity contribution in [3.8, 4) is 11.5 Å². The summed E-state index contributed by atoms with van der Waals surface area (Å²) < 4.78 is 10.7. The zero-order valence-electron chi connectivity index (χ0n) is 16.4. The van der Waals surface area contributed by atoms with E-state index in [1.165, 1.54) is 25.7 Å². The van der Waals surface area contributed by atoms with Gasteiger partial charge in [0.05, 0.1) is 5.92 Å². The molecule has 0 spiro atoms. The van der Waals surface area contributed by atoms with E-state index in [2.05, 4.69) is 12.2 Å². The topological polar surface area (TPSA) is 67.9 Å². The molecule has 2 heterocycles. The second kappa shape index (κ2) is 6.98. The maximum absolute atomic E-state index is 12.8. The summed E-state index contributed by atoms with van der Waals surface area (Å²) in [6.07, 6.45) is 5.59. The summed E-state index contributed by atoms with van der Waals surface area (Å²) in [6.45, 7) is 3.37. The number of rotatable bonds is 5. The summed E-state index contributed by atoms with van der Waals surface area (Å²) in [4.78, 5) is 27.0. The molecule has 5 atom stereocenters. The van der Waals surface area contributed by atoms with Crippen LogP contribution in [0.4, 0.5) is 0 Å². The number of nitrogens with zero attached hydrogens (tertiary/aromatic N) is 1. The second-order valence-electron chi connectivity index (χ2n) is 9.00. The largest absolute Gasteiger partial charge is 0.454 e. The van der Waals surface area contributed by atoms with Crippen LogP contribution < -0.4 is 14.8 Å². The highest BCUT2D eigenvalue weighted by Crippen LogP contribution is 2.49. The van der Waals surface area contributed by atoms with Crippen molar-refractivity contribution in [3.05, 3.63) is 23.8 Å². The van der Waals surface area contributed by atoms with Crippen molar-refractivity contribution in [2.45, 2.75) is 51.6 Å². The van der Waals surface area contributed by atoms with Gasteiger partial charge >= 0.3 is 0 Å². The van der Waals surface area contributed by atoms with Gasteiger partial charge in [-0.15, -0.1) is 0 Å². The summed E-state index contributed by atoms with van der Waals surface area (Å²) in [5.41, 5.74) is 0.994. The Morgan fingerprint density at radius 2 is 2.11 bits per heavy atom. The number of likely N-dealkylation sites (tertiary alicyclic amines) is 1. The molecule has 5 unspecified atom stereocenters. The van der Waals surface area contributed by atoms with Crippen molar-refractivity contribution in [2.24, 2.45) is 23.7 Å². The fourth-order valence-electron chi connectivity index (χ4n) is 5.72. The van der Waals surface area contributed by atoms with Crippen LogP contribution in [0.5, 0.6) is 11.5 Å². The molecule has 1 aromatic rings. The Hall–Kier alpha value is -2.24. The Kier molecular flexibility index (Phi) is 4.44. The molecule has 5 rings (SSSR count). The standard InChI is InChI=1S/C22H28N2O4/c1-13(18-7-14-2-4-16(18)6-14)23-22(26)17-9-21(25)24(11-17)10-15-3-5-19-20(8-15)28-12-27-19/h3,5,8,13-14,16-18H,2,4,6-7,9-12H2,1H3,(H,23,26). The van der Waals surface area contributed by atoms with Gasteiger partial charge in [-0.3, -0.25) is 9.59 Å². The third kappa shape index (κ3) is 3.23.